The highest BCUT2D eigenvalue weighted by Gasteiger charge is 2.33. The van der Waals surface area contributed by atoms with Crippen LogP contribution in [0.3, 0.4) is 0 Å². The van der Waals surface area contributed by atoms with Crippen molar-refractivity contribution in [3.8, 4) is 0 Å². The molecule has 4 nitrogen and oxygen atoms in total. The molecule has 0 radical (unpaired) electrons. The summed E-state index contributed by atoms with van der Waals surface area (Å²) in [7, 11) is 3.25. The third kappa shape index (κ3) is 5.51. The van der Waals surface area contributed by atoms with Gasteiger partial charge in [-0.3, -0.25) is 4.79 Å². The second kappa shape index (κ2) is 7.31. The van der Waals surface area contributed by atoms with Crippen molar-refractivity contribution >= 4 is 5.91 Å². The molecule has 130 valence electrons. The van der Waals surface area contributed by atoms with Gasteiger partial charge in [-0.05, 0) is 31.7 Å². The smallest absolute Gasteiger partial charge is 0.384 e. The first kappa shape index (κ1) is 19.4. The number of rotatable bonds is 6. The van der Waals surface area contributed by atoms with Crippen LogP contribution in [0.4, 0.5) is 13.2 Å². The van der Waals surface area contributed by atoms with Crippen molar-refractivity contribution < 1.29 is 23.1 Å². The maximum Gasteiger partial charge on any atom is 0.416 e. The van der Waals surface area contributed by atoms with E-state index in [4.69, 9.17) is 0 Å². The number of hydrogen-bond donors (Lipinski definition) is 2. The lowest BCUT2D eigenvalue weighted by molar-refractivity contribution is -0.137. The van der Waals surface area contributed by atoms with Crippen LogP contribution in [0.2, 0.25) is 0 Å². The summed E-state index contributed by atoms with van der Waals surface area (Å²) in [6, 6.07) is 4.66. The molecule has 0 aromatic heterocycles. The minimum Gasteiger partial charge on any atom is -0.384 e. The molecule has 0 aliphatic carbocycles. The fourth-order valence-electron chi connectivity index (χ4n) is 2.51. The van der Waals surface area contributed by atoms with Crippen LogP contribution in [0.15, 0.2) is 24.3 Å². The lowest BCUT2D eigenvalue weighted by Crippen LogP contribution is -2.41. The molecule has 2 N–H and O–H groups in total. The first-order valence-electron chi connectivity index (χ1n) is 7.27. The number of carbonyl (C=O) groups is 1. The summed E-state index contributed by atoms with van der Waals surface area (Å²) in [6.07, 6.45) is -4.45. The zero-order valence-corrected chi connectivity index (χ0v) is 13.7. The Morgan fingerprint density at radius 1 is 1.35 bits per heavy atom. The third-order valence-electron chi connectivity index (χ3n) is 3.67. The normalized spacial score (nSPS) is 16.0. The van der Waals surface area contributed by atoms with Crippen LogP contribution < -0.4 is 5.32 Å². The van der Waals surface area contributed by atoms with E-state index in [-0.39, 0.29) is 23.9 Å². The maximum atomic E-state index is 12.8. The van der Waals surface area contributed by atoms with Gasteiger partial charge in [-0.2, -0.15) is 13.2 Å². The number of benzene rings is 1. The Kier molecular flexibility index (Phi) is 6.18. The zero-order valence-electron chi connectivity index (χ0n) is 13.7. The van der Waals surface area contributed by atoms with Crippen LogP contribution in [0.5, 0.6) is 0 Å². The van der Waals surface area contributed by atoms with Crippen LogP contribution in [-0.4, -0.2) is 43.1 Å². The molecule has 1 aromatic carbocycles. The van der Waals surface area contributed by atoms with Crippen molar-refractivity contribution in [2.24, 2.45) is 5.92 Å². The van der Waals surface area contributed by atoms with Crippen LogP contribution in [0.1, 0.15) is 25.0 Å². The number of hydrogen-bond acceptors (Lipinski definition) is 3. The fraction of sp³-hybridized carbons (Fsp3) is 0.562. The number of likely N-dealkylation sites (N-methyl/N-ethyl adjacent to an activating group) is 1. The summed E-state index contributed by atoms with van der Waals surface area (Å²) >= 11 is 0. The summed E-state index contributed by atoms with van der Waals surface area (Å²) in [5.74, 6) is -0.419. The van der Waals surface area contributed by atoms with E-state index in [1.54, 1.807) is 18.9 Å². The van der Waals surface area contributed by atoms with E-state index >= 15 is 0 Å². The number of alkyl halides is 3. The van der Waals surface area contributed by atoms with Crippen LogP contribution in [-0.2, 0) is 16.6 Å². The molecular weight excluding hydrogens is 309 g/mol. The minimum absolute atomic E-state index is 0.107. The zero-order chi connectivity index (χ0) is 17.8. The number of aliphatic hydroxyl groups is 1. The van der Waals surface area contributed by atoms with Crippen molar-refractivity contribution in [2.45, 2.75) is 25.6 Å². The molecule has 2 atom stereocenters. The van der Waals surface area contributed by atoms with Gasteiger partial charge < -0.3 is 15.3 Å². The van der Waals surface area contributed by atoms with Crippen LogP contribution in [0, 0.1) is 5.92 Å². The molecular formula is C16H23F3N2O2. The Balaban J connectivity index is 2.85. The van der Waals surface area contributed by atoms with Gasteiger partial charge in [-0.25, -0.2) is 0 Å². The van der Waals surface area contributed by atoms with Crippen molar-refractivity contribution in [2.75, 3.05) is 27.2 Å². The van der Waals surface area contributed by atoms with Gasteiger partial charge in [0.1, 0.15) is 0 Å². The lowest BCUT2D eigenvalue weighted by atomic mass is 9.93. The van der Waals surface area contributed by atoms with Gasteiger partial charge in [0.15, 0.2) is 0 Å². The van der Waals surface area contributed by atoms with Gasteiger partial charge in [0.25, 0.3) is 0 Å². The lowest BCUT2D eigenvalue weighted by Gasteiger charge is -2.31. The number of amides is 1. The van der Waals surface area contributed by atoms with Gasteiger partial charge >= 0.3 is 6.18 Å². The molecule has 0 fully saturated rings. The molecule has 0 bridgehead atoms. The van der Waals surface area contributed by atoms with Gasteiger partial charge in [0, 0.05) is 26.1 Å². The highest BCUT2D eigenvalue weighted by Crippen LogP contribution is 2.32. The van der Waals surface area contributed by atoms with E-state index in [9.17, 15) is 23.1 Å². The highest BCUT2D eigenvalue weighted by molar-refractivity contribution is 5.78. The molecule has 2 unspecified atom stereocenters. The molecule has 0 saturated carbocycles. The van der Waals surface area contributed by atoms with E-state index in [1.807, 2.05) is 0 Å². The van der Waals surface area contributed by atoms with Crippen LogP contribution in [0.25, 0.3) is 0 Å². The quantitative estimate of drug-likeness (QED) is 0.840. The average molecular weight is 332 g/mol. The summed E-state index contributed by atoms with van der Waals surface area (Å²) < 4.78 is 38.3. The van der Waals surface area contributed by atoms with Gasteiger partial charge in [0.2, 0.25) is 5.91 Å². The molecule has 23 heavy (non-hydrogen) atoms. The van der Waals surface area contributed by atoms with E-state index < -0.39 is 17.3 Å². The summed E-state index contributed by atoms with van der Waals surface area (Å²) in [6.45, 7) is 3.70. The summed E-state index contributed by atoms with van der Waals surface area (Å²) in [5, 5.41) is 13.1. The monoisotopic (exact) mass is 332 g/mol. The second-order valence-electron chi connectivity index (χ2n) is 6.06. The molecule has 0 aliphatic rings. The van der Waals surface area contributed by atoms with E-state index in [1.165, 1.54) is 26.1 Å². The highest BCUT2D eigenvalue weighted by atomic mass is 19.4. The topological polar surface area (TPSA) is 52.6 Å². The van der Waals surface area contributed by atoms with Crippen LogP contribution >= 0.6 is 0 Å². The summed E-state index contributed by atoms with van der Waals surface area (Å²) in [4.78, 5) is 13.2. The van der Waals surface area contributed by atoms with Gasteiger partial charge in [0.05, 0.1) is 11.2 Å². The Morgan fingerprint density at radius 2 is 1.91 bits per heavy atom. The first-order valence-corrected chi connectivity index (χ1v) is 7.27. The Labute approximate surface area is 134 Å². The van der Waals surface area contributed by atoms with Crippen molar-refractivity contribution in [1.82, 2.24) is 10.2 Å². The molecule has 0 saturated heterocycles. The number of nitrogens with zero attached hydrogens (tertiary/aromatic N) is 1. The maximum absolute atomic E-state index is 12.8. The predicted octanol–water partition coefficient (Wildman–Crippen LogP) is 2.23. The van der Waals surface area contributed by atoms with Crippen molar-refractivity contribution in [3.63, 3.8) is 0 Å². The molecule has 7 heteroatoms. The minimum atomic E-state index is -4.45. The summed E-state index contributed by atoms with van der Waals surface area (Å²) in [5.41, 5.74) is -2.07. The Morgan fingerprint density at radius 3 is 2.43 bits per heavy atom. The SMILES string of the molecule is CNC(=O)C(C)CN(C)CC(C)(O)c1cccc(C(F)(F)F)c1. The van der Waals surface area contributed by atoms with Crippen molar-refractivity contribution in [1.29, 1.82) is 0 Å². The number of carbonyl (C=O) groups excluding carboxylic acids is 1. The fourth-order valence-corrected chi connectivity index (χ4v) is 2.51. The second-order valence-corrected chi connectivity index (χ2v) is 6.06. The van der Waals surface area contributed by atoms with Gasteiger partial charge in [-0.15, -0.1) is 0 Å². The molecule has 0 aliphatic heterocycles. The largest absolute Gasteiger partial charge is 0.416 e. The van der Waals surface area contributed by atoms with E-state index in [0.29, 0.717) is 6.54 Å². The number of halogens is 3. The van der Waals surface area contributed by atoms with E-state index in [0.717, 1.165) is 12.1 Å². The molecule has 0 heterocycles. The van der Waals surface area contributed by atoms with Crippen molar-refractivity contribution in [3.05, 3.63) is 35.4 Å². The number of nitrogens with one attached hydrogen (secondary N) is 1. The standard InChI is InChI=1S/C16H23F3N2O2/c1-11(14(22)20-3)9-21(4)10-15(2,23)12-6-5-7-13(8-12)16(17,18)19/h5-8,11,23H,9-10H2,1-4H3,(H,20,22). The predicted molar refractivity (Wildman–Crippen MR) is 81.7 cm³/mol. The first-order chi connectivity index (χ1) is 10.5. The Hall–Kier alpha value is -1.60. The third-order valence-corrected chi connectivity index (χ3v) is 3.67. The molecule has 1 aromatic rings. The molecule has 0 spiro atoms. The van der Waals surface area contributed by atoms with E-state index in [2.05, 4.69) is 5.32 Å². The molecule has 1 amide bonds. The van der Waals surface area contributed by atoms with Gasteiger partial charge in [-0.1, -0.05) is 19.1 Å². The Bertz CT molecular complexity index is 544. The average Bonchev–Trinajstić information content (AvgIpc) is 2.44. The molecule has 1 rings (SSSR count).